The molecule has 3 heteroatoms. The van der Waals surface area contributed by atoms with Crippen LogP contribution in [0.2, 0.25) is 0 Å². The molecule has 0 aliphatic carbocycles. The number of fused-ring (bicyclic) bond motifs is 1. The van der Waals surface area contributed by atoms with E-state index in [4.69, 9.17) is 0 Å². The second-order valence-corrected chi connectivity index (χ2v) is 5.02. The molecule has 1 aliphatic heterocycles. The molecule has 0 spiro atoms. The molecule has 0 saturated heterocycles. The molecule has 0 aromatic heterocycles. The molecule has 0 amide bonds. The molecule has 0 saturated carbocycles. The number of hydrogen-bond donors (Lipinski definition) is 2. The van der Waals surface area contributed by atoms with Crippen molar-refractivity contribution < 1.29 is 5.11 Å². The van der Waals surface area contributed by atoms with E-state index in [9.17, 15) is 5.11 Å². The van der Waals surface area contributed by atoms with Crippen molar-refractivity contribution in [2.75, 3.05) is 11.5 Å². The first-order valence-corrected chi connectivity index (χ1v) is 6.47. The number of aryl methyl sites for hydroxylation is 1. The molecule has 1 N–H and O–H groups in total. The summed E-state index contributed by atoms with van der Waals surface area (Å²) in [6, 6.07) is 6.27. The van der Waals surface area contributed by atoms with Crippen molar-refractivity contribution in [3.63, 3.8) is 0 Å². The van der Waals surface area contributed by atoms with Crippen LogP contribution in [0.15, 0.2) is 23.1 Å². The lowest BCUT2D eigenvalue weighted by Gasteiger charge is -2.17. The van der Waals surface area contributed by atoms with Crippen LogP contribution in [0.25, 0.3) is 0 Å². The highest BCUT2D eigenvalue weighted by Crippen LogP contribution is 2.31. The molecular formula is C11H14OS2. The van der Waals surface area contributed by atoms with Crippen LogP contribution in [0.3, 0.4) is 0 Å². The predicted octanol–water partition coefficient (Wildman–Crippen LogP) is 2.69. The number of benzene rings is 1. The first kappa shape index (κ1) is 10.4. The van der Waals surface area contributed by atoms with Gasteiger partial charge >= 0.3 is 0 Å². The lowest BCUT2D eigenvalue weighted by molar-refractivity contribution is 0.204. The van der Waals surface area contributed by atoms with E-state index in [-0.39, 0.29) is 0 Å². The maximum absolute atomic E-state index is 9.65. The first-order valence-electron chi connectivity index (χ1n) is 4.86. The van der Waals surface area contributed by atoms with Crippen molar-refractivity contribution in [1.82, 2.24) is 0 Å². The molecule has 1 aliphatic rings. The van der Waals surface area contributed by atoms with E-state index >= 15 is 0 Å². The highest BCUT2D eigenvalue weighted by Gasteiger charge is 2.12. The molecule has 0 radical (unpaired) electrons. The smallest absolute Gasteiger partial charge is 0.0878 e. The Bertz CT molecular complexity index is 325. The summed E-state index contributed by atoms with van der Waals surface area (Å²) < 4.78 is 0. The minimum atomic E-state index is -0.421. The molecule has 1 heterocycles. The van der Waals surface area contributed by atoms with E-state index in [0.29, 0.717) is 5.75 Å². The highest BCUT2D eigenvalue weighted by atomic mass is 32.2. The molecular weight excluding hydrogens is 212 g/mol. The molecule has 0 fully saturated rings. The van der Waals surface area contributed by atoms with Gasteiger partial charge < -0.3 is 5.11 Å². The Morgan fingerprint density at radius 3 is 3.14 bits per heavy atom. The van der Waals surface area contributed by atoms with Gasteiger partial charge in [-0.3, -0.25) is 0 Å². The minimum Gasteiger partial charge on any atom is -0.388 e. The van der Waals surface area contributed by atoms with Crippen LogP contribution < -0.4 is 0 Å². The summed E-state index contributed by atoms with van der Waals surface area (Å²) in [5, 5.41) is 9.65. The van der Waals surface area contributed by atoms with Crippen molar-refractivity contribution in [1.29, 1.82) is 0 Å². The number of rotatable bonds is 2. The maximum Gasteiger partial charge on any atom is 0.0878 e. The molecule has 0 bridgehead atoms. The van der Waals surface area contributed by atoms with Crippen molar-refractivity contribution in [2.45, 2.75) is 23.8 Å². The van der Waals surface area contributed by atoms with Crippen LogP contribution in [0, 0.1) is 0 Å². The SMILES string of the molecule is OC(CS)c1ccc2c(c1)CCCS2. The molecule has 1 nitrogen and oxygen atoms in total. The van der Waals surface area contributed by atoms with Gasteiger partial charge in [0.25, 0.3) is 0 Å². The highest BCUT2D eigenvalue weighted by molar-refractivity contribution is 7.99. The largest absolute Gasteiger partial charge is 0.388 e. The fourth-order valence-electron chi connectivity index (χ4n) is 1.69. The van der Waals surface area contributed by atoms with Gasteiger partial charge in [-0.2, -0.15) is 12.6 Å². The Hall–Kier alpha value is -0.120. The molecule has 1 atom stereocenters. The Morgan fingerprint density at radius 2 is 2.36 bits per heavy atom. The maximum atomic E-state index is 9.65. The van der Waals surface area contributed by atoms with E-state index < -0.39 is 6.10 Å². The molecule has 76 valence electrons. The van der Waals surface area contributed by atoms with Crippen LogP contribution >= 0.6 is 24.4 Å². The minimum absolute atomic E-state index is 0.421. The third-order valence-electron chi connectivity index (χ3n) is 2.49. The van der Waals surface area contributed by atoms with E-state index in [2.05, 4.69) is 24.8 Å². The third kappa shape index (κ3) is 2.10. The topological polar surface area (TPSA) is 20.2 Å². The number of thioether (sulfide) groups is 1. The average Bonchev–Trinajstić information content (AvgIpc) is 2.27. The second kappa shape index (κ2) is 4.60. The number of aliphatic hydroxyl groups excluding tert-OH is 1. The lowest BCUT2D eigenvalue weighted by Crippen LogP contribution is -2.03. The Labute approximate surface area is 94.3 Å². The van der Waals surface area contributed by atoms with E-state index in [1.165, 1.54) is 22.6 Å². The van der Waals surface area contributed by atoms with E-state index in [1.807, 2.05) is 17.8 Å². The third-order valence-corrected chi connectivity index (χ3v) is 4.04. The van der Waals surface area contributed by atoms with Gasteiger partial charge in [-0.15, -0.1) is 11.8 Å². The second-order valence-electron chi connectivity index (χ2n) is 3.52. The van der Waals surface area contributed by atoms with Gasteiger partial charge in [-0.25, -0.2) is 0 Å². The predicted molar refractivity (Wildman–Crippen MR) is 64.3 cm³/mol. The Morgan fingerprint density at radius 1 is 1.50 bits per heavy atom. The van der Waals surface area contributed by atoms with Gasteiger partial charge in [-0.05, 0) is 35.8 Å². The average molecular weight is 226 g/mol. The zero-order valence-electron chi connectivity index (χ0n) is 7.94. The van der Waals surface area contributed by atoms with Crippen molar-refractivity contribution >= 4 is 24.4 Å². The summed E-state index contributed by atoms with van der Waals surface area (Å²) >= 11 is 6.01. The van der Waals surface area contributed by atoms with Crippen LogP contribution in [-0.2, 0) is 6.42 Å². The monoisotopic (exact) mass is 226 g/mol. The molecule has 1 unspecified atom stereocenters. The van der Waals surface area contributed by atoms with Gasteiger partial charge in [0.1, 0.15) is 0 Å². The summed E-state index contributed by atoms with van der Waals surface area (Å²) in [4.78, 5) is 1.38. The fourth-order valence-corrected chi connectivity index (χ4v) is 2.92. The van der Waals surface area contributed by atoms with Crippen LogP contribution in [-0.4, -0.2) is 16.6 Å². The summed E-state index contributed by atoms with van der Waals surface area (Å²) in [6.07, 6.45) is 1.98. The summed E-state index contributed by atoms with van der Waals surface area (Å²) in [5.41, 5.74) is 2.39. The summed E-state index contributed by atoms with van der Waals surface area (Å²) in [5.74, 6) is 1.72. The normalized spacial score (nSPS) is 17.6. The van der Waals surface area contributed by atoms with E-state index in [1.54, 1.807) is 0 Å². The molecule has 2 rings (SSSR count). The standard InChI is InChI=1S/C11H14OS2/c12-10(7-13)8-3-4-11-9(6-8)2-1-5-14-11/h3-4,6,10,12-13H,1-2,5,7H2. The zero-order valence-corrected chi connectivity index (χ0v) is 9.65. The lowest BCUT2D eigenvalue weighted by atomic mass is 10.0. The zero-order chi connectivity index (χ0) is 9.97. The van der Waals surface area contributed by atoms with Gasteiger partial charge in [0, 0.05) is 10.6 Å². The fraction of sp³-hybridized carbons (Fsp3) is 0.455. The van der Waals surface area contributed by atoms with Gasteiger partial charge in [-0.1, -0.05) is 12.1 Å². The number of thiol groups is 1. The molecule has 1 aromatic rings. The Balaban J connectivity index is 2.29. The number of hydrogen-bond acceptors (Lipinski definition) is 3. The van der Waals surface area contributed by atoms with Crippen molar-refractivity contribution in [3.05, 3.63) is 29.3 Å². The molecule has 1 aromatic carbocycles. The van der Waals surface area contributed by atoms with Gasteiger partial charge in [0.05, 0.1) is 6.10 Å². The van der Waals surface area contributed by atoms with Crippen molar-refractivity contribution in [2.24, 2.45) is 0 Å². The van der Waals surface area contributed by atoms with E-state index in [0.717, 1.165) is 12.0 Å². The Kier molecular flexibility index (Phi) is 3.42. The summed E-state index contributed by atoms with van der Waals surface area (Å²) in [7, 11) is 0. The number of aliphatic hydroxyl groups is 1. The van der Waals surface area contributed by atoms with Crippen molar-refractivity contribution in [3.8, 4) is 0 Å². The van der Waals surface area contributed by atoms with Crippen LogP contribution in [0.4, 0.5) is 0 Å². The summed E-state index contributed by atoms with van der Waals surface area (Å²) in [6.45, 7) is 0. The van der Waals surface area contributed by atoms with Crippen LogP contribution in [0.1, 0.15) is 23.7 Å². The first-order chi connectivity index (χ1) is 6.81. The van der Waals surface area contributed by atoms with Gasteiger partial charge in [0.15, 0.2) is 0 Å². The molecule has 14 heavy (non-hydrogen) atoms. The quantitative estimate of drug-likeness (QED) is 0.756. The van der Waals surface area contributed by atoms with Gasteiger partial charge in [0.2, 0.25) is 0 Å². The van der Waals surface area contributed by atoms with Crippen LogP contribution in [0.5, 0.6) is 0 Å².